The molecule has 0 aromatic heterocycles. The number of aryl methyl sites for hydroxylation is 1. The summed E-state index contributed by atoms with van der Waals surface area (Å²) in [4.78, 5) is 0. The van der Waals surface area contributed by atoms with E-state index < -0.39 is 0 Å². The van der Waals surface area contributed by atoms with Crippen molar-refractivity contribution in [1.82, 2.24) is 5.32 Å². The summed E-state index contributed by atoms with van der Waals surface area (Å²) in [5.41, 5.74) is 4.49. The van der Waals surface area contributed by atoms with Crippen LogP contribution in [-0.2, 0) is 12.8 Å². The fourth-order valence-corrected chi connectivity index (χ4v) is 4.15. The molecule has 3 rings (SSSR count). The quantitative estimate of drug-likeness (QED) is 0.662. The van der Waals surface area contributed by atoms with Crippen molar-refractivity contribution in [1.29, 1.82) is 0 Å². The first kappa shape index (κ1) is 16.7. The maximum atomic E-state index is 3.78. The monoisotopic (exact) mass is 371 g/mol. The Kier molecular flexibility index (Phi) is 5.91. The van der Waals surface area contributed by atoms with E-state index in [2.05, 4.69) is 76.7 Å². The first-order valence-corrected chi connectivity index (χ1v) is 9.58. The molecule has 23 heavy (non-hydrogen) atoms. The van der Waals surface area contributed by atoms with Gasteiger partial charge in [0.2, 0.25) is 0 Å². The average molecular weight is 372 g/mol. The molecule has 1 aliphatic carbocycles. The molecule has 1 unspecified atom stereocenters. The van der Waals surface area contributed by atoms with Gasteiger partial charge in [0.25, 0.3) is 0 Å². The Morgan fingerprint density at radius 2 is 1.96 bits per heavy atom. The third kappa shape index (κ3) is 4.45. The lowest BCUT2D eigenvalue weighted by Crippen LogP contribution is -2.35. The molecule has 0 heterocycles. The number of halogens is 1. The van der Waals surface area contributed by atoms with Gasteiger partial charge in [0, 0.05) is 10.5 Å². The summed E-state index contributed by atoms with van der Waals surface area (Å²) >= 11 is 3.71. The van der Waals surface area contributed by atoms with Crippen LogP contribution < -0.4 is 5.32 Å². The van der Waals surface area contributed by atoms with Gasteiger partial charge in [-0.1, -0.05) is 65.3 Å². The highest BCUT2D eigenvalue weighted by Gasteiger charge is 2.19. The molecule has 2 aromatic carbocycles. The van der Waals surface area contributed by atoms with Crippen molar-refractivity contribution in [3.63, 3.8) is 0 Å². The number of nitrogens with one attached hydrogen (secondary N) is 1. The second-order valence-corrected chi connectivity index (χ2v) is 7.58. The fourth-order valence-electron chi connectivity index (χ4n) is 3.58. The fraction of sp³-hybridized carbons (Fsp3) is 0.429. The van der Waals surface area contributed by atoms with Gasteiger partial charge in [0.05, 0.1) is 0 Å². The van der Waals surface area contributed by atoms with Crippen LogP contribution in [0, 0.1) is 0 Å². The van der Waals surface area contributed by atoms with Crippen molar-refractivity contribution in [3.05, 3.63) is 69.7 Å². The topological polar surface area (TPSA) is 12.0 Å². The van der Waals surface area contributed by atoms with E-state index in [1.165, 1.54) is 46.8 Å². The number of rotatable bonds is 6. The maximum Gasteiger partial charge on any atom is 0.0210 e. The third-order valence-electron chi connectivity index (χ3n) is 5.04. The molecule has 0 fully saturated rings. The predicted molar refractivity (Wildman–Crippen MR) is 102 cm³/mol. The zero-order chi connectivity index (χ0) is 16.1. The van der Waals surface area contributed by atoms with Crippen molar-refractivity contribution < 1.29 is 0 Å². The van der Waals surface area contributed by atoms with Crippen molar-refractivity contribution in [2.45, 2.75) is 51.0 Å². The minimum Gasteiger partial charge on any atom is -0.314 e. The second-order valence-electron chi connectivity index (χ2n) is 6.73. The first-order valence-electron chi connectivity index (χ1n) is 8.78. The average Bonchev–Trinajstić information content (AvgIpc) is 2.60. The first-order chi connectivity index (χ1) is 11.2. The molecule has 0 amide bonds. The smallest absolute Gasteiger partial charge is 0.0210 e. The van der Waals surface area contributed by atoms with Crippen LogP contribution in [0.1, 0.15) is 48.8 Å². The summed E-state index contributed by atoms with van der Waals surface area (Å²) in [6.45, 7) is 3.46. The van der Waals surface area contributed by atoms with Gasteiger partial charge in [0.1, 0.15) is 0 Å². The summed E-state index contributed by atoms with van der Waals surface area (Å²) in [5, 5.41) is 3.78. The molecule has 2 aromatic rings. The Hall–Kier alpha value is -1.12. The molecule has 1 nitrogen and oxygen atoms in total. The van der Waals surface area contributed by atoms with Gasteiger partial charge >= 0.3 is 0 Å². The minimum atomic E-state index is 0.633. The summed E-state index contributed by atoms with van der Waals surface area (Å²) in [6.07, 6.45) is 6.12. The van der Waals surface area contributed by atoms with Crippen molar-refractivity contribution in [2.75, 3.05) is 6.54 Å². The Bertz CT molecular complexity index is 623. The van der Waals surface area contributed by atoms with Crippen LogP contribution in [0.2, 0.25) is 0 Å². The van der Waals surface area contributed by atoms with Crippen LogP contribution >= 0.6 is 15.9 Å². The zero-order valence-corrected chi connectivity index (χ0v) is 15.5. The lowest BCUT2D eigenvalue weighted by atomic mass is 9.88. The summed E-state index contributed by atoms with van der Waals surface area (Å²) in [5.74, 6) is 0.652. The molecule has 0 spiro atoms. The lowest BCUT2D eigenvalue weighted by molar-refractivity contribution is 0.444. The van der Waals surface area contributed by atoms with Crippen molar-refractivity contribution in [2.24, 2.45) is 0 Å². The highest BCUT2D eigenvalue weighted by Crippen LogP contribution is 2.28. The van der Waals surface area contributed by atoms with Crippen LogP contribution in [0.4, 0.5) is 0 Å². The van der Waals surface area contributed by atoms with Crippen molar-refractivity contribution in [3.8, 4) is 0 Å². The molecule has 2 atom stereocenters. The molecule has 122 valence electrons. The maximum absolute atomic E-state index is 3.78. The Morgan fingerprint density at radius 1 is 1.13 bits per heavy atom. The molecule has 2 heteroatoms. The van der Waals surface area contributed by atoms with E-state index in [0.29, 0.717) is 12.0 Å². The van der Waals surface area contributed by atoms with E-state index in [9.17, 15) is 0 Å². The van der Waals surface area contributed by atoms with Gasteiger partial charge in [-0.05, 0) is 67.3 Å². The molecule has 0 aliphatic heterocycles. The van der Waals surface area contributed by atoms with Gasteiger partial charge in [-0.15, -0.1) is 0 Å². The van der Waals surface area contributed by atoms with Gasteiger partial charge in [0.15, 0.2) is 0 Å². The number of fused-ring (bicyclic) bond motifs is 1. The van der Waals surface area contributed by atoms with Crippen LogP contribution in [0.3, 0.4) is 0 Å². The van der Waals surface area contributed by atoms with E-state index in [1.807, 2.05) is 0 Å². The molecule has 1 aliphatic rings. The Morgan fingerprint density at radius 3 is 2.78 bits per heavy atom. The highest BCUT2D eigenvalue weighted by atomic mass is 79.9. The van der Waals surface area contributed by atoms with Crippen LogP contribution in [-0.4, -0.2) is 12.6 Å². The van der Waals surface area contributed by atoms with Gasteiger partial charge in [-0.2, -0.15) is 0 Å². The zero-order valence-electron chi connectivity index (χ0n) is 13.9. The number of hydrogen-bond donors (Lipinski definition) is 1. The molecule has 0 radical (unpaired) electrons. The molecular formula is C21H26BrN. The minimum absolute atomic E-state index is 0.633. The van der Waals surface area contributed by atoms with E-state index in [1.54, 1.807) is 0 Å². The van der Waals surface area contributed by atoms with E-state index >= 15 is 0 Å². The van der Waals surface area contributed by atoms with E-state index in [-0.39, 0.29) is 0 Å². The van der Waals surface area contributed by atoms with E-state index in [0.717, 1.165) is 13.0 Å². The van der Waals surface area contributed by atoms with Crippen molar-refractivity contribution >= 4 is 15.9 Å². The molecular weight excluding hydrogens is 346 g/mol. The predicted octanol–water partition coefficient (Wildman–Crippen LogP) is 5.48. The van der Waals surface area contributed by atoms with Crippen LogP contribution in [0.15, 0.2) is 53.0 Å². The van der Waals surface area contributed by atoms with Crippen LogP contribution in [0.25, 0.3) is 0 Å². The van der Waals surface area contributed by atoms with Gasteiger partial charge in [-0.3, -0.25) is 0 Å². The highest BCUT2D eigenvalue weighted by molar-refractivity contribution is 9.10. The number of benzene rings is 2. The number of hydrogen-bond acceptors (Lipinski definition) is 1. The Balaban J connectivity index is 1.43. The van der Waals surface area contributed by atoms with Gasteiger partial charge < -0.3 is 5.32 Å². The van der Waals surface area contributed by atoms with Gasteiger partial charge in [-0.25, -0.2) is 0 Å². The summed E-state index contributed by atoms with van der Waals surface area (Å²) in [6, 6.07) is 18.1. The molecule has 0 saturated carbocycles. The standard InChI is InChI=1S/C21H26BrN/c1-16(17-8-3-2-4-9-17)7-6-14-23-19-13-12-18-10-5-11-21(22)20(18)15-19/h2-5,8-11,16,19,23H,6-7,12-15H2,1H3/t16-,19?/m0/s1. The second kappa shape index (κ2) is 8.12. The molecule has 1 N–H and O–H groups in total. The third-order valence-corrected chi connectivity index (χ3v) is 5.79. The Labute approximate surface area is 148 Å². The lowest BCUT2D eigenvalue weighted by Gasteiger charge is -2.26. The van der Waals surface area contributed by atoms with E-state index in [4.69, 9.17) is 0 Å². The van der Waals surface area contributed by atoms with Crippen LogP contribution in [0.5, 0.6) is 0 Å². The molecule has 0 saturated heterocycles. The SMILES string of the molecule is C[C@@H](CCCNC1CCc2cccc(Br)c2C1)c1ccccc1. The normalized spacial score (nSPS) is 18.4. The molecule has 0 bridgehead atoms. The summed E-state index contributed by atoms with van der Waals surface area (Å²) < 4.78 is 1.28. The summed E-state index contributed by atoms with van der Waals surface area (Å²) in [7, 11) is 0. The largest absolute Gasteiger partial charge is 0.314 e.